The Morgan fingerprint density at radius 2 is 2.03 bits per heavy atom. The van der Waals surface area contributed by atoms with Crippen LogP contribution in [0.3, 0.4) is 0 Å². The summed E-state index contributed by atoms with van der Waals surface area (Å²) in [6.45, 7) is 6.34. The standard InChI is InChI=1S/C22H26N4O2S/c1-2-28-19-8-4-3-7-18(19)26-12-10-25(11-13-26)15-21(27)24-22-17(14-23)16-6-5-9-20(16)29-22/h3-4,7-8H,2,5-6,9-13,15H2,1H3,(H,24,27). The summed E-state index contributed by atoms with van der Waals surface area (Å²) < 4.78 is 5.75. The fourth-order valence-electron chi connectivity index (χ4n) is 4.12. The van der Waals surface area contributed by atoms with Crippen LogP contribution in [0.4, 0.5) is 10.7 Å². The van der Waals surface area contributed by atoms with Crippen LogP contribution in [0.15, 0.2) is 24.3 Å². The van der Waals surface area contributed by atoms with Crippen molar-refractivity contribution in [3.8, 4) is 11.8 Å². The van der Waals surface area contributed by atoms with Crippen molar-refractivity contribution >= 4 is 27.9 Å². The van der Waals surface area contributed by atoms with Gasteiger partial charge in [0.05, 0.1) is 24.4 Å². The molecule has 152 valence electrons. The van der Waals surface area contributed by atoms with Crippen LogP contribution < -0.4 is 15.0 Å². The fourth-order valence-corrected chi connectivity index (χ4v) is 5.38. The maximum Gasteiger partial charge on any atom is 0.239 e. The predicted molar refractivity (Wildman–Crippen MR) is 116 cm³/mol. The number of para-hydroxylation sites is 2. The number of benzene rings is 1. The fraction of sp³-hybridized carbons (Fsp3) is 0.455. The van der Waals surface area contributed by atoms with Crippen LogP contribution in [-0.2, 0) is 17.6 Å². The summed E-state index contributed by atoms with van der Waals surface area (Å²) in [6, 6.07) is 10.4. The van der Waals surface area contributed by atoms with Gasteiger partial charge in [-0.2, -0.15) is 5.26 Å². The molecule has 1 aromatic carbocycles. The van der Waals surface area contributed by atoms with E-state index in [1.807, 2.05) is 25.1 Å². The highest BCUT2D eigenvalue weighted by Gasteiger charge is 2.25. The third kappa shape index (κ3) is 4.24. The van der Waals surface area contributed by atoms with Crippen LogP contribution in [0, 0.1) is 11.3 Å². The van der Waals surface area contributed by atoms with Gasteiger partial charge in [0, 0.05) is 31.1 Å². The Hall–Kier alpha value is -2.56. The number of ether oxygens (including phenoxy) is 1. The number of carbonyl (C=O) groups excluding carboxylic acids is 1. The summed E-state index contributed by atoms with van der Waals surface area (Å²) in [4.78, 5) is 18.3. The number of piperazine rings is 1. The van der Waals surface area contributed by atoms with E-state index in [1.54, 1.807) is 11.3 Å². The normalized spacial score (nSPS) is 16.3. The quantitative estimate of drug-likeness (QED) is 0.792. The first-order chi connectivity index (χ1) is 14.2. The Morgan fingerprint density at radius 1 is 1.24 bits per heavy atom. The zero-order valence-electron chi connectivity index (χ0n) is 16.7. The second-order valence-electron chi connectivity index (χ2n) is 7.39. The number of nitrogens with one attached hydrogen (secondary N) is 1. The topological polar surface area (TPSA) is 68.6 Å². The van der Waals surface area contributed by atoms with Crippen molar-refractivity contribution in [3.63, 3.8) is 0 Å². The summed E-state index contributed by atoms with van der Waals surface area (Å²) in [5.74, 6) is 0.876. The molecule has 1 fully saturated rings. The second kappa shape index (κ2) is 8.85. The molecule has 7 heteroatoms. The van der Waals surface area contributed by atoms with Gasteiger partial charge in [-0.05, 0) is 43.9 Å². The number of anilines is 2. The van der Waals surface area contributed by atoms with Crippen molar-refractivity contribution in [3.05, 3.63) is 40.3 Å². The number of carbonyl (C=O) groups is 1. The number of fused-ring (bicyclic) bond motifs is 1. The van der Waals surface area contributed by atoms with Crippen LogP contribution >= 0.6 is 11.3 Å². The summed E-state index contributed by atoms with van der Waals surface area (Å²) >= 11 is 1.57. The molecule has 0 spiro atoms. The Balaban J connectivity index is 1.32. The number of amides is 1. The molecular formula is C22H26N4O2S. The molecule has 1 aliphatic heterocycles. The predicted octanol–water partition coefficient (Wildman–Crippen LogP) is 3.27. The molecule has 0 atom stereocenters. The third-order valence-electron chi connectivity index (χ3n) is 5.53. The smallest absolute Gasteiger partial charge is 0.239 e. The average molecular weight is 411 g/mol. The van der Waals surface area contributed by atoms with Crippen molar-refractivity contribution in [1.82, 2.24) is 4.90 Å². The van der Waals surface area contributed by atoms with Crippen molar-refractivity contribution in [2.75, 3.05) is 49.5 Å². The highest BCUT2D eigenvalue weighted by molar-refractivity contribution is 7.16. The average Bonchev–Trinajstić information content (AvgIpc) is 3.30. The van der Waals surface area contributed by atoms with Gasteiger partial charge in [0.15, 0.2) is 0 Å². The van der Waals surface area contributed by atoms with Gasteiger partial charge in [-0.3, -0.25) is 9.69 Å². The van der Waals surface area contributed by atoms with E-state index in [0.717, 1.165) is 67.4 Å². The van der Waals surface area contributed by atoms with Crippen LogP contribution in [0.5, 0.6) is 5.75 Å². The van der Waals surface area contributed by atoms with Gasteiger partial charge in [-0.1, -0.05) is 12.1 Å². The van der Waals surface area contributed by atoms with E-state index >= 15 is 0 Å². The Morgan fingerprint density at radius 3 is 2.79 bits per heavy atom. The minimum absolute atomic E-state index is 0.0374. The first-order valence-corrected chi connectivity index (χ1v) is 11.0. The van der Waals surface area contributed by atoms with Crippen molar-refractivity contribution < 1.29 is 9.53 Å². The first-order valence-electron chi connectivity index (χ1n) is 10.2. The molecule has 1 saturated heterocycles. The highest BCUT2D eigenvalue weighted by Crippen LogP contribution is 2.38. The summed E-state index contributed by atoms with van der Waals surface area (Å²) in [5.41, 5.74) is 2.94. The molecule has 4 rings (SSSR count). The van der Waals surface area contributed by atoms with Crippen LogP contribution in [-0.4, -0.2) is 50.1 Å². The minimum atomic E-state index is -0.0374. The molecule has 0 unspecified atom stereocenters. The Labute approximate surface area is 175 Å². The zero-order chi connectivity index (χ0) is 20.2. The first kappa shape index (κ1) is 19.7. The lowest BCUT2D eigenvalue weighted by molar-refractivity contribution is -0.117. The van der Waals surface area contributed by atoms with E-state index < -0.39 is 0 Å². The van der Waals surface area contributed by atoms with Gasteiger partial charge in [0.25, 0.3) is 0 Å². The van der Waals surface area contributed by atoms with Gasteiger partial charge in [0.1, 0.15) is 16.8 Å². The second-order valence-corrected chi connectivity index (χ2v) is 8.49. The number of aryl methyl sites for hydroxylation is 1. The van der Waals surface area contributed by atoms with E-state index in [2.05, 4.69) is 27.3 Å². The Bertz CT molecular complexity index is 925. The molecule has 1 amide bonds. The maximum atomic E-state index is 12.6. The van der Waals surface area contributed by atoms with Gasteiger partial charge >= 0.3 is 0 Å². The van der Waals surface area contributed by atoms with Crippen molar-refractivity contribution in [1.29, 1.82) is 5.26 Å². The zero-order valence-corrected chi connectivity index (χ0v) is 17.6. The number of hydrogen-bond acceptors (Lipinski definition) is 6. The van der Waals surface area contributed by atoms with E-state index in [0.29, 0.717) is 18.7 Å². The lowest BCUT2D eigenvalue weighted by Gasteiger charge is -2.36. The van der Waals surface area contributed by atoms with Gasteiger partial charge in [-0.15, -0.1) is 11.3 Å². The summed E-state index contributed by atoms with van der Waals surface area (Å²) in [7, 11) is 0. The lowest BCUT2D eigenvalue weighted by atomic mass is 10.1. The van der Waals surface area contributed by atoms with E-state index in [4.69, 9.17) is 4.74 Å². The molecule has 2 aromatic rings. The van der Waals surface area contributed by atoms with Gasteiger partial charge in [-0.25, -0.2) is 0 Å². The molecule has 2 aliphatic rings. The molecule has 1 aromatic heterocycles. The summed E-state index contributed by atoms with van der Waals surface area (Å²) in [6.07, 6.45) is 3.09. The van der Waals surface area contributed by atoms with Crippen molar-refractivity contribution in [2.45, 2.75) is 26.2 Å². The molecule has 1 aliphatic carbocycles. The molecule has 1 N–H and O–H groups in total. The summed E-state index contributed by atoms with van der Waals surface area (Å²) in [5, 5.41) is 13.2. The largest absolute Gasteiger partial charge is 0.492 e. The van der Waals surface area contributed by atoms with Crippen molar-refractivity contribution in [2.24, 2.45) is 0 Å². The van der Waals surface area contributed by atoms with Gasteiger partial charge < -0.3 is 15.0 Å². The van der Waals surface area contributed by atoms with E-state index in [9.17, 15) is 10.1 Å². The number of hydrogen-bond donors (Lipinski definition) is 1. The van der Waals surface area contributed by atoms with E-state index in [1.165, 1.54) is 4.88 Å². The maximum absolute atomic E-state index is 12.6. The number of rotatable bonds is 6. The lowest BCUT2D eigenvalue weighted by Crippen LogP contribution is -2.48. The monoisotopic (exact) mass is 410 g/mol. The molecule has 0 bridgehead atoms. The molecule has 2 heterocycles. The van der Waals surface area contributed by atoms with Crippen LogP contribution in [0.25, 0.3) is 0 Å². The number of thiophene rings is 1. The third-order valence-corrected chi connectivity index (χ3v) is 6.74. The molecule has 6 nitrogen and oxygen atoms in total. The molecule has 0 saturated carbocycles. The minimum Gasteiger partial charge on any atom is -0.492 e. The molecular weight excluding hydrogens is 384 g/mol. The molecule has 29 heavy (non-hydrogen) atoms. The number of nitrogens with zero attached hydrogens (tertiary/aromatic N) is 3. The van der Waals surface area contributed by atoms with Crippen LogP contribution in [0.1, 0.15) is 29.3 Å². The van der Waals surface area contributed by atoms with E-state index in [-0.39, 0.29) is 5.91 Å². The SMILES string of the molecule is CCOc1ccccc1N1CCN(CC(=O)Nc2sc3c(c2C#N)CCC3)CC1. The number of nitriles is 1. The van der Waals surface area contributed by atoms with Gasteiger partial charge in [0.2, 0.25) is 5.91 Å². The Kier molecular flexibility index (Phi) is 6.02. The molecule has 0 radical (unpaired) electrons. The highest BCUT2D eigenvalue weighted by atomic mass is 32.1. The van der Waals surface area contributed by atoms with Crippen LogP contribution in [0.2, 0.25) is 0 Å².